The van der Waals surface area contributed by atoms with E-state index in [-0.39, 0.29) is 17.5 Å². The molecule has 1 fully saturated rings. The van der Waals surface area contributed by atoms with Gasteiger partial charge in [-0.05, 0) is 43.2 Å². The summed E-state index contributed by atoms with van der Waals surface area (Å²) in [7, 11) is 0. The molecule has 5 rings (SSSR count). The van der Waals surface area contributed by atoms with E-state index in [1.54, 1.807) is 42.5 Å². The first-order valence-electron chi connectivity index (χ1n) is 10.9. The van der Waals surface area contributed by atoms with Crippen LogP contribution in [0.3, 0.4) is 0 Å². The highest BCUT2D eigenvalue weighted by Crippen LogP contribution is 2.29. The highest BCUT2D eigenvalue weighted by molar-refractivity contribution is 6.05. The first kappa shape index (κ1) is 21.4. The van der Waals surface area contributed by atoms with Crippen molar-refractivity contribution in [3.05, 3.63) is 83.9 Å². The number of hydrogen-bond donors (Lipinski definition) is 2. The summed E-state index contributed by atoms with van der Waals surface area (Å²) < 4.78 is 10.7. The highest BCUT2D eigenvalue weighted by Gasteiger charge is 2.25. The summed E-state index contributed by atoms with van der Waals surface area (Å²) in [5.74, 6) is -0.899. The summed E-state index contributed by atoms with van der Waals surface area (Å²) in [6.45, 7) is -0.495. The average molecular weight is 455 g/mol. The maximum atomic E-state index is 12.6. The Labute approximate surface area is 194 Å². The number of anilines is 1. The van der Waals surface area contributed by atoms with Gasteiger partial charge in [-0.15, -0.1) is 0 Å². The van der Waals surface area contributed by atoms with Crippen LogP contribution in [0.2, 0.25) is 0 Å². The van der Waals surface area contributed by atoms with Crippen LogP contribution in [-0.4, -0.2) is 35.6 Å². The molecule has 8 heteroatoms. The Bertz CT molecular complexity index is 1380. The second-order valence-electron chi connectivity index (χ2n) is 8.03. The van der Waals surface area contributed by atoms with Crippen molar-refractivity contribution in [2.45, 2.75) is 18.9 Å². The van der Waals surface area contributed by atoms with E-state index in [1.807, 2.05) is 30.3 Å². The van der Waals surface area contributed by atoms with Crippen LogP contribution in [0.15, 0.2) is 77.3 Å². The van der Waals surface area contributed by atoms with Gasteiger partial charge in [0.25, 0.3) is 11.8 Å². The van der Waals surface area contributed by atoms with Crippen molar-refractivity contribution in [2.75, 3.05) is 11.9 Å². The SMILES string of the molecule is O=C(COC(=O)c1ccc2noc(-c3ccccc3)c2c1)Nc1ccccc1C(=O)NC1CC1. The normalized spacial score (nSPS) is 12.8. The molecule has 4 aromatic rings. The predicted molar refractivity (Wildman–Crippen MR) is 125 cm³/mol. The molecule has 3 aromatic carbocycles. The van der Waals surface area contributed by atoms with Crippen molar-refractivity contribution in [3.8, 4) is 11.3 Å². The van der Waals surface area contributed by atoms with Gasteiger partial charge in [0.1, 0.15) is 5.52 Å². The lowest BCUT2D eigenvalue weighted by Crippen LogP contribution is -2.28. The Kier molecular flexibility index (Phi) is 5.78. The van der Waals surface area contributed by atoms with Gasteiger partial charge in [-0.1, -0.05) is 47.6 Å². The van der Waals surface area contributed by atoms with Gasteiger partial charge in [0, 0.05) is 11.6 Å². The van der Waals surface area contributed by atoms with Gasteiger partial charge in [0.15, 0.2) is 12.4 Å². The van der Waals surface area contributed by atoms with Crippen LogP contribution >= 0.6 is 0 Å². The number of rotatable bonds is 7. The minimum atomic E-state index is -0.656. The van der Waals surface area contributed by atoms with E-state index < -0.39 is 18.5 Å². The molecule has 0 bridgehead atoms. The summed E-state index contributed by atoms with van der Waals surface area (Å²) in [5, 5.41) is 10.2. The van der Waals surface area contributed by atoms with Crippen LogP contribution in [-0.2, 0) is 9.53 Å². The molecule has 0 aliphatic heterocycles. The zero-order valence-corrected chi connectivity index (χ0v) is 18.1. The zero-order valence-electron chi connectivity index (χ0n) is 18.1. The standard InChI is InChI=1S/C26H21N3O5/c30-23(28-21-9-5-4-8-19(21)25(31)27-18-11-12-18)15-33-26(32)17-10-13-22-20(14-17)24(34-29-22)16-6-2-1-3-7-16/h1-10,13-14,18H,11-12,15H2,(H,27,31)(H,28,30). The van der Waals surface area contributed by atoms with E-state index in [4.69, 9.17) is 9.26 Å². The fourth-order valence-electron chi connectivity index (χ4n) is 3.55. The molecule has 0 unspecified atom stereocenters. The molecule has 1 heterocycles. The van der Waals surface area contributed by atoms with Gasteiger partial charge < -0.3 is 19.9 Å². The van der Waals surface area contributed by atoms with Crippen LogP contribution < -0.4 is 10.6 Å². The third-order valence-electron chi connectivity index (χ3n) is 5.44. The lowest BCUT2D eigenvalue weighted by molar-refractivity contribution is -0.119. The molecular formula is C26H21N3O5. The van der Waals surface area contributed by atoms with E-state index >= 15 is 0 Å². The van der Waals surface area contributed by atoms with Crippen molar-refractivity contribution < 1.29 is 23.6 Å². The molecule has 34 heavy (non-hydrogen) atoms. The number of aromatic nitrogens is 1. The molecule has 2 N–H and O–H groups in total. The fraction of sp³-hybridized carbons (Fsp3) is 0.154. The van der Waals surface area contributed by atoms with Gasteiger partial charge in [0.2, 0.25) is 0 Å². The lowest BCUT2D eigenvalue weighted by Gasteiger charge is -2.11. The largest absolute Gasteiger partial charge is 0.452 e. The molecule has 0 radical (unpaired) electrons. The summed E-state index contributed by atoms with van der Waals surface area (Å²) in [5.41, 5.74) is 2.43. The van der Waals surface area contributed by atoms with Gasteiger partial charge in [0.05, 0.1) is 22.2 Å². The minimum absolute atomic E-state index is 0.197. The van der Waals surface area contributed by atoms with Crippen molar-refractivity contribution in [1.29, 1.82) is 0 Å². The van der Waals surface area contributed by atoms with E-state index in [1.165, 1.54) is 0 Å². The quantitative estimate of drug-likeness (QED) is 0.405. The molecule has 1 saturated carbocycles. The second-order valence-corrected chi connectivity index (χ2v) is 8.03. The van der Waals surface area contributed by atoms with Crippen LogP contribution in [0.5, 0.6) is 0 Å². The number of nitrogens with one attached hydrogen (secondary N) is 2. The van der Waals surface area contributed by atoms with Crippen molar-refractivity contribution in [2.24, 2.45) is 0 Å². The zero-order chi connectivity index (χ0) is 23.5. The predicted octanol–water partition coefficient (Wildman–Crippen LogP) is 4.18. The molecular weight excluding hydrogens is 434 g/mol. The first-order chi connectivity index (χ1) is 16.6. The molecule has 0 atom stereocenters. The van der Waals surface area contributed by atoms with Gasteiger partial charge in [-0.25, -0.2) is 4.79 Å². The number of fused-ring (bicyclic) bond motifs is 1. The monoisotopic (exact) mass is 455 g/mol. The van der Waals surface area contributed by atoms with Crippen molar-refractivity contribution in [1.82, 2.24) is 10.5 Å². The maximum Gasteiger partial charge on any atom is 0.338 e. The Morgan fingerprint density at radius 3 is 2.53 bits per heavy atom. The number of carbonyl (C=O) groups is 3. The third kappa shape index (κ3) is 4.66. The molecule has 2 amide bonds. The van der Waals surface area contributed by atoms with Crippen LogP contribution in [0.25, 0.3) is 22.2 Å². The molecule has 1 aliphatic rings. The minimum Gasteiger partial charge on any atom is -0.452 e. The summed E-state index contributed by atoms with van der Waals surface area (Å²) in [4.78, 5) is 37.4. The lowest BCUT2D eigenvalue weighted by atomic mass is 10.1. The van der Waals surface area contributed by atoms with E-state index in [2.05, 4.69) is 15.8 Å². The Balaban J connectivity index is 1.25. The Hall–Kier alpha value is -4.46. The average Bonchev–Trinajstić information content (AvgIpc) is 3.58. The van der Waals surface area contributed by atoms with Gasteiger partial charge in [-0.2, -0.15) is 0 Å². The molecule has 1 aromatic heterocycles. The summed E-state index contributed by atoms with van der Waals surface area (Å²) in [6.07, 6.45) is 1.92. The van der Waals surface area contributed by atoms with Gasteiger partial charge in [-0.3, -0.25) is 9.59 Å². The number of hydrogen-bond acceptors (Lipinski definition) is 6. The second kappa shape index (κ2) is 9.19. The number of nitrogens with zero attached hydrogens (tertiary/aromatic N) is 1. The van der Waals surface area contributed by atoms with Crippen molar-refractivity contribution >= 4 is 34.4 Å². The number of para-hydroxylation sites is 1. The molecule has 170 valence electrons. The summed E-state index contributed by atoms with van der Waals surface area (Å²) >= 11 is 0. The van der Waals surface area contributed by atoms with Crippen LogP contribution in [0.1, 0.15) is 33.6 Å². The Morgan fingerprint density at radius 1 is 0.971 bits per heavy atom. The first-order valence-corrected chi connectivity index (χ1v) is 10.9. The van der Waals surface area contributed by atoms with Gasteiger partial charge >= 0.3 is 5.97 Å². The molecule has 1 aliphatic carbocycles. The molecule has 0 saturated heterocycles. The summed E-state index contributed by atoms with van der Waals surface area (Å²) in [6, 6.07) is 21.2. The van der Waals surface area contributed by atoms with E-state index in [0.717, 1.165) is 18.4 Å². The number of carbonyl (C=O) groups excluding carboxylic acids is 3. The third-order valence-corrected chi connectivity index (χ3v) is 5.44. The fourth-order valence-corrected chi connectivity index (χ4v) is 3.55. The van der Waals surface area contributed by atoms with Crippen LogP contribution in [0.4, 0.5) is 5.69 Å². The molecule has 0 spiro atoms. The molecule has 8 nitrogen and oxygen atoms in total. The topological polar surface area (TPSA) is 111 Å². The Morgan fingerprint density at radius 2 is 1.74 bits per heavy atom. The number of amides is 2. The number of esters is 1. The van der Waals surface area contributed by atoms with Crippen LogP contribution in [0, 0.1) is 0 Å². The highest BCUT2D eigenvalue weighted by atomic mass is 16.5. The number of benzene rings is 3. The van der Waals surface area contributed by atoms with E-state index in [9.17, 15) is 14.4 Å². The van der Waals surface area contributed by atoms with E-state index in [0.29, 0.717) is 27.9 Å². The number of ether oxygens (including phenoxy) is 1. The smallest absolute Gasteiger partial charge is 0.338 e. The maximum absolute atomic E-state index is 12.6. The van der Waals surface area contributed by atoms with Crippen molar-refractivity contribution in [3.63, 3.8) is 0 Å².